The predicted octanol–water partition coefficient (Wildman–Crippen LogP) is 1.37. The summed E-state index contributed by atoms with van der Waals surface area (Å²) in [4.78, 5) is 1.66. The van der Waals surface area contributed by atoms with Gasteiger partial charge < -0.3 is 14.8 Å². The van der Waals surface area contributed by atoms with E-state index in [0.717, 1.165) is 18.7 Å². The summed E-state index contributed by atoms with van der Waals surface area (Å²) in [5.74, 6) is 1.36. The third-order valence-corrected chi connectivity index (χ3v) is 3.96. The molecule has 7 nitrogen and oxygen atoms in total. The largest absolute Gasteiger partial charge is 0.462 e. The number of nitrogens with one attached hydrogen (secondary N) is 1. The average molecular weight is 315 g/mol. The average Bonchev–Trinajstić information content (AvgIpc) is 3.24. The SMILES string of the molecule is CNCCC(Cc1ccccc1)(C1=COCO1)n1nnc(C)n1. The number of hydrogen-bond donors (Lipinski definition) is 1. The van der Waals surface area contributed by atoms with Crippen molar-refractivity contribution < 1.29 is 9.47 Å². The van der Waals surface area contributed by atoms with Gasteiger partial charge in [0.15, 0.2) is 11.6 Å². The van der Waals surface area contributed by atoms with Gasteiger partial charge in [0.1, 0.15) is 11.8 Å². The Hall–Kier alpha value is -2.41. The summed E-state index contributed by atoms with van der Waals surface area (Å²) in [5.41, 5.74) is 0.609. The molecule has 0 saturated carbocycles. The fourth-order valence-corrected chi connectivity index (χ4v) is 2.78. The number of benzene rings is 1. The van der Waals surface area contributed by atoms with Gasteiger partial charge in [-0.1, -0.05) is 30.3 Å². The van der Waals surface area contributed by atoms with Gasteiger partial charge in [-0.15, -0.1) is 15.0 Å². The van der Waals surface area contributed by atoms with Gasteiger partial charge in [-0.3, -0.25) is 0 Å². The third kappa shape index (κ3) is 3.19. The Morgan fingerprint density at radius 3 is 2.74 bits per heavy atom. The number of hydrogen-bond acceptors (Lipinski definition) is 6. The zero-order valence-corrected chi connectivity index (χ0v) is 13.4. The summed E-state index contributed by atoms with van der Waals surface area (Å²) < 4.78 is 11.0. The number of tetrazole rings is 1. The van der Waals surface area contributed by atoms with Crippen LogP contribution in [-0.4, -0.2) is 40.6 Å². The highest BCUT2D eigenvalue weighted by atomic mass is 16.7. The second-order valence-electron chi connectivity index (χ2n) is 5.58. The molecule has 0 fully saturated rings. The van der Waals surface area contributed by atoms with Crippen LogP contribution in [0.15, 0.2) is 42.4 Å². The van der Waals surface area contributed by atoms with E-state index in [-0.39, 0.29) is 6.79 Å². The van der Waals surface area contributed by atoms with Gasteiger partial charge in [-0.25, -0.2) is 0 Å². The lowest BCUT2D eigenvalue weighted by atomic mass is 9.86. The minimum absolute atomic E-state index is 0.221. The molecule has 1 aromatic heterocycles. The first kappa shape index (κ1) is 15.5. The lowest BCUT2D eigenvalue weighted by molar-refractivity contribution is 0.0471. The minimum atomic E-state index is -0.567. The minimum Gasteiger partial charge on any atom is -0.462 e. The summed E-state index contributed by atoms with van der Waals surface area (Å²) in [6.07, 6.45) is 3.11. The quantitative estimate of drug-likeness (QED) is 0.832. The van der Waals surface area contributed by atoms with Gasteiger partial charge in [0.2, 0.25) is 6.79 Å². The van der Waals surface area contributed by atoms with Crippen molar-refractivity contribution in [1.29, 1.82) is 0 Å². The second-order valence-corrected chi connectivity index (χ2v) is 5.58. The topological polar surface area (TPSA) is 74.1 Å². The van der Waals surface area contributed by atoms with E-state index in [1.54, 1.807) is 11.1 Å². The normalized spacial score (nSPS) is 16.3. The fourth-order valence-electron chi connectivity index (χ4n) is 2.78. The number of allylic oxidation sites excluding steroid dienone is 1. The van der Waals surface area contributed by atoms with Crippen molar-refractivity contribution in [2.45, 2.75) is 25.3 Å². The van der Waals surface area contributed by atoms with Gasteiger partial charge in [-0.2, -0.15) is 0 Å². The fraction of sp³-hybridized carbons (Fsp3) is 0.438. The zero-order chi connectivity index (χ0) is 16.1. The molecule has 0 amide bonds. The molecule has 1 N–H and O–H groups in total. The molecule has 1 unspecified atom stereocenters. The van der Waals surface area contributed by atoms with Crippen LogP contribution in [0, 0.1) is 6.92 Å². The summed E-state index contributed by atoms with van der Waals surface area (Å²) in [7, 11) is 1.92. The van der Waals surface area contributed by atoms with Crippen molar-refractivity contribution in [2.75, 3.05) is 20.4 Å². The zero-order valence-electron chi connectivity index (χ0n) is 13.4. The molecule has 1 aliphatic rings. The lowest BCUT2D eigenvalue weighted by Gasteiger charge is -2.32. The number of ether oxygens (including phenoxy) is 2. The Morgan fingerprint density at radius 1 is 1.30 bits per heavy atom. The van der Waals surface area contributed by atoms with E-state index in [9.17, 15) is 0 Å². The van der Waals surface area contributed by atoms with Crippen LogP contribution >= 0.6 is 0 Å². The molecule has 0 bridgehead atoms. The molecule has 3 rings (SSSR count). The molecule has 0 radical (unpaired) electrons. The Bertz CT molecular complexity index is 670. The van der Waals surface area contributed by atoms with Gasteiger partial charge in [0, 0.05) is 6.42 Å². The molecule has 2 aromatic rings. The van der Waals surface area contributed by atoms with Crippen LogP contribution in [0.2, 0.25) is 0 Å². The molecule has 1 aliphatic heterocycles. The van der Waals surface area contributed by atoms with Crippen LogP contribution in [0.1, 0.15) is 17.8 Å². The van der Waals surface area contributed by atoms with Crippen molar-refractivity contribution in [1.82, 2.24) is 25.5 Å². The van der Waals surface area contributed by atoms with Crippen LogP contribution in [0.3, 0.4) is 0 Å². The van der Waals surface area contributed by atoms with E-state index >= 15 is 0 Å². The molecule has 122 valence electrons. The van der Waals surface area contributed by atoms with Gasteiger partial charge in [0.05, 0.1) is 0 Å². The number of aromatic nitrogens is 4. The maximum atomic E-state index is 5.73. The standard InChI is InChI=1S/C16H21N5O2/c1-13-18-20-21(19-13)16(8-9-17-2,15-11-22-12-23-15)10-14-6-4-3-5-7-14/h3-7,11,17H,8-10,12H2,1-2H3. The molecule has 0 spiro atoms. The Balaban J connectivity index is 2.04. The highest BCUT2D eigenvalue weighted by Gasteiger charge is 2.42. The molecule has 23 heavy (non-hydrogen) atoms. The van der Waals surface area contributed by atoms with Crippen molar-refractivity contribution in [3.05, 3.63) is 53.7 Å². The van der Waals surface area contributed by atoms with Crippen LogP contribution in [0.5, 0.6) is 0 Å². The monoisotopic (exact) mass is 315 g/mol. The van der Waals surface area contributed by atoms with Crippen molar-refractivity contribution in [3.63, 3.8) is 0 Å². The molecular weight excluding hydrogens is 294 g/mol. The Labute approximate surface area is 135 Å². The number of aryl methyl sites for hydroxylation is 1. The summed E-state index contributed by atoms with van der Waals surface area (Å²) in [6.45, 7) is 2.84. The molecule has 2 heterocycles. The van der Waals surface area contributed by atoms with Crippen LogP contribution in [0.4, 0.5) is 0 Å². The van der Waals surface area contributed by atoms with Crippen LogP contribution in [-0.2, 0) is 21.4 Å². The van der Waals surface area contributed by atoms with E-state index < -0.39 is 5.54 Å². The summed E-state index contributed by atoms with van der Waals surface area (Å²) >= 11 is 0. The maximum absolute atomic E-state index is 5.73. The first-order valence-electron chi connectivity index (χ1n) is 7.65. The molecule has 7 heteroatoms. The summed E-state index contributed by atoms with van der Waals surface area (Å²) in [6, 6.07) is 10.2. The molecule has 0 aliphatic carbocycles. The number of rotatable bonds is 7. The van der Waals surface area contributed by atoms with E-state index in [2.05, 4.69) is 32.9 Å². The van der Waals surface area contributed by atoms with Gasteiger partial charge in [-0.05, 0) is 37.7 Å². The van der Waals surface area contributed by atoms with Crippen LogP contribution in [0.25, 0.3) is 0 Å². The molecule has 1 aromatic carbocycles. The molecular formula is C16H21N5O2. The first-order chi connectivity index (χ1) is 11.2. The van der Waals surface area contributed by atoms with Crippen molar-refractivity contribution >= 4 is 0 Å². The highest BCUT2D eigenvalue weighted by Crippen LogP contribution is 2.35. The van der Waals surface area contributed by atoms with Crippen molar-refractivity contribution in [2.24, 2.45) is 0 Å². The van der Waals surface area contributed by atoms with E-state index in [4.69, 9.17) is 9.47 Å². The number of nitrogens with zero attached hydrogens (tertiary/aromatic N) is 4. The van der Waals surface area contributed by atoms with E-state index in [1.165, 1.54) is 5.56 Å². The predicted molar refractivity (Wildman–Crippen MR) is 84.3 cm³/mol. The smallest absolute Gasteiger partial charge is 0.229 e. The molecule has 0 saturated heterocycles. The second kappa shape index (κ2) is 6.78. The lowest BCUT2D eigenvalue weighted by Crippen LogP contribution is -2.42. The maximum Gasteiger partial charge on any atom is 0.229 e. The van der Waals surface area contributed by atoms with Crippen LogP contribution < -0.4 is 5.32 Å². The van der Waals surface area contributed by atoms with E-state index in [1.807, 2.05) is 32.2 Å². The Kier molecular flexibility index (Phi) is 4.57. The summed E-state index contributed by atoms with van der Waals surface area (Å²) in [5, 5.41) is 16.0. The van der Waals surface area contributed by atoms with Gasteiger partial charge >= 0.3 is 0 Å². The van der Waals surface area contributed by atoms with E-state index in [0.29, 0.717) is 12.2 Å². The molecule has 1 atom stereocenters. The Morgan fingerprint density at radius 2 is 2.13 bits per heavy atom. The first-order valence-corrected chi connectivity index (χ1v) is 7.65. The van der Waals surface area contributed by atoms with Crippen molar-refractivity contribution in [3.8, 4) is 0 Å². The third-order valence-electron chi connectivity index (χ3n) is 3.96. The highest BCUT2D eigenvalue weighted by molar-refractivity contribution is 5.22. The van der Waals surface area contributed by atoms with Gasteiger partial charge in [0.25, 0.3) is 0 Å².